The second-order valence-electron chi connectivity index (χ2n) is 9.32. The predicted molar refractivity (Wildman–Crippen MR) is 118 cm³/mol. The van der Waals surface area contributed by atoms with Crippen LogP contribution >= 0.6 is 31.9 Å². The van der Waals surface area contributed by atoms with E-state index in [9.17, 15) is 19.2 Å². The Morgan fingerprint density at radius 3 is 2.17 bits per heavy atom. The molecule has 2 bridgehead atoms. The van der Waals surface area contributed by atoms with Gasteiger partial charge < -0.3 is 4.74 Å². The number of hydrogen-bond donors (Lipinski definition) is 0. The molecular weight excluding hydrogens is 518 g/mol. The van der Waals surface area contributed by atoms with E-state index in [1.807, 2.05) is 0 Å². The highest BCUT2D eigenvalue weighted by molar-refractivity contribution is 9.12. The van der Waals surface area contributed by atoms with Gasteiger partial charge in [0.25, 0.3) is 0 Å². The number of ketones is 1. The normalized spacial score (nSPS) is 32.5. The summed E-state index contributed by atoms with van der Waals surface area (Å²) in [5.41, 5.74) is -0.0342. The summed E-state index contributed by atoms with van der Waals surface area (Å²) in [5, 5.41) is 0. The maximum atomic E-state index is 13.2. The number of Topliss-reactive ketones (excluding diaryl/α,β-unsaturated/α-hetero) is 1. The molecule has 0 N–H and O–H groups in total. The number of halogens is 2. The number of esters is 1. The van der Waals surface area contributed by atoms with Gasteiger partial charge in [0.2, 0.25) is 11.8 Å². The second-order valence-corrected chi connectivity index (χ2v) is 11.4. The number of anilines is 1. The minimum atomic E-state index is -0.658. The summed E-state index contributed by atoms with van der Waals surface area (Å²) in [6, 6.07) is 6.29. The molecule has 1 aliphatic heterocycles. The SMILES string of the molecule is CC(C)(C)C(=O)COC(=O)c1cccc(N2C(=O)[C@H]3[C@@H]4C[C@@H]([C@@H](Br)[C@@H]4Br)[C@@H]3C2=O)c1. The molecular formula is C22H23Br2NO5. The van der Waals surface area contributed by atoms with Gasteiger partial charge in [0, 0.05) is 15.1 Å². The molecule has 3 aliphatic rings. The highest BCUT2D eigenvalue weighted by Crippen LogP contribution is 2.60. The Bertz CT molecular complexity index is 908. The molecule has 0 spiro atoms. The van der Waals surface area contributed by atoms with Crippen LogP contribution in [0.25, 0.3) is 0 Å². The lowest BCUT2D eigenvalue weighted by atomic mass is 9.81. The van der Waals surface area contributed by atoms with Crippen LogP contribution in [0.15, 0.2) is 24.3 Å². The Balaban J connectivity index is 1.53. The summed E-state index contributed by atoms with van der Waals surface area (Å²) in [5.74, 6) is -1.63. The van der Waals surface area contributed by atoms with Gasteiger partial charge in [-0.25, -0.2) is 4.79 Å². The Kier molecular flexibility index (Phi) is 5.46. The minimum absolute atomic E-state index is 0.127. The Morgan fingerprint density at radius 2 is 1.63 bits per heavy atom. The summed E-state index contributed by atoms with van der Waals surface area (Å²) in [6.45, 7) is 4.95. The average molecular weight is 541 g/mol. The van der Waals surface area contributed by atoms with E-state index in [0.717, 1.165) is 6.42 Å². The zero-order chi connectivity index (χ0) is 22.0. The van der Waals surface area contributed by atoms with Crippen molar-refractivity contribution in [2.75, 3.05) is 11.5 Å². The smallest absolute Gasteiger partial charge is 0.338 e. The molecule has 2 amide bonds. The van der Waals surface area contributed by atoms with Gasteiger partial charge >= 0.3 is 5.97 Å². The molecule has 30 heavy (non-hydrogen) atoms. The fourth-order valence-corrected chi connectivity index (χ4v) is 6.68. The number of amides is 2. The van der Waals surface area contributed by atoms with Crippen molar-refractivity contribution >= 4 is 61.1 Å². The van der Waals surface area contributed by atoms with Gasteiger partial charge in [0.1, 0.15) is 0 Å². The van der Waals surface area contributed by atoms with Gasteiger partial charge in [-0.15, -0.1) is 0 Å². The van der Waals surface area contributed by atoms with E-state index >= 15 is 0 Å². The van der Waals surface area contributed by atoms with E-state index in [-0.39, 0.29) is 63.1 Å². The molecule has 6 atom stereocenters. The number of fused-ring (bicyclic) bond motifs is 5. The second kappa shape index (κ2) is 7.55. The number of ether oxygens (including phenoxy) is 1. The van der Waals surface area contributed by atoms with Gasteiger partial charge in [0.05, 0.1) is 23.1 Å². The van der Waals surface area contributed by atoms with Crippen LogP contribution in [-0.4, -0.2) is 39.8 Å². The maximum absolute atomic E-state index is 13.2. The zero-order valence-corrected chi connectivity index (χ0v) is 20.1. The molecule has 0 unspecified atom stereocenters. The number of imide groups is 1. The van der Waals surface area contributed by atoms with Crippen LogP contribution in [-0.2, 0) is 19.1 Å². The quantitative estimate of drug-likeness (QED) is 0.330. The van der Waals surface area contributed by atoms with Crippen LogP contribution in [0.4, 0.5) is 5.69 Å². The summed E-state index contributed by atoms with van der Waals surface area (Å²) >= 11 is 7.35. The van der Waals surface area contributed by atoms with Gasteiger partial charge in [-0.1, -0.05) is 58.7 Å². The number of alkyl halides is 2. The topological polar surface area (TPSA) is 80.8 Å². The Morgan fingerprint density at radius 1 is 1.07 bits per heavy atom. The predicted octanol–water partition coefficient (Wildman–Crippen LogP) is 3.74. The summed E-state index contributed by atoms with van der Waals surface area (Å²) in [7, 11) is 0. The molecule has 2 saturated carbocycles. The first kappa shape index (κ1) is 21.7. The fourth-order valence-electron chi connectivity index (χ4n) is 4.81. The van der Waals surface area contributed by atoms with Gasteiger partial charge in [-0.2, -0.15) is 0 Å². The van der Waals surface area contributed by atoms with Crippen LogP contribution in [0.5, 0.6) is 0 Å². The highest BCUT2D eigenvalue weighted by atomic mass is 79.9. The Hall–Kier alpha value is -1.54. The van der Waals surface area contributed by atoms with Crippen LogP contribution in [0.2, 0.25) is 0 Å². The monoisotopic (exact) mass is 539 g/mol. The highest BCUT2D eigenvalue weighted by Gasteiger charge is 2.66. The molecule has 4 rings (SSSR count). The zero-order valence-electron chi connectivity index (χ0n) is 16.9. The summed E-state index contributed by atoms with van der Waals surface area (Å²) in [4.78, 5) is 52.3. The lowest BCUT2D eigenvalue weighted by molar-refractivity contribution is -0.129. The lowest BCUT2D eigenvalue weighted by Crippen LogP contribution is -2.37. The third-order valence-corrected chi connectivity index (χ3v) is 9.70. The van der Waals surface area contributed by atoms with Crippen LogP contribution in [0.3, 0.4) is 0 Å². The van der Waals surface area contributed by atoms with E-state index in [4.69, 9.17) is 4.74 Å². The van der Waals surface area contributed by atoms with Gasteiger partial charge in [-0.3, -0.25) is 19.3 Å². The maximum Gasteiger partial charge on any atom is 0.338 e. The first-order valence-corrected chi connectivity index (χ1v) is 11.8. The molecule has 1 aromatic rings. The first-order valence-electron chi connectivity index (χ1n) is 9.99. The molecule has 1 heterocycles. The van der Waals surface area contributed by atoms with Crippen molar-refractivity contribution in [2.24, 2.45) is 29.1 Å². The molecule has 3 fully saturated rings. The van der Waals surface area contributed by atoms with E-state index in [1.54, 1.807) is 39.0 Å². The fraction of sp³-hybridized carbons (Fsp3) is 0.545. The number of nitrogens with zero attached hydrogens (tertiary/aromatic N) is 1. The van der Waals surface area contributed by atoms with Crippen molar-refractivity contribution in [2.45, 2.75) is 36.8 Å². The minimum Gasteiger partial charge on any atom is -0.454 e. The lowest BCUT2D eigenvalue weighted by Gasteiger charge is -2.28. The molecule has 0 radical (unpaired) electrons. The number of benzene rings is 1. The third-order valence-electron chi connectivity index (χ3n) is 6.50. The standard InChI is InChI=1S/C22H23Br2NO5/c1-22(2,3)14(26)9-30-21(29)10-5-4-6-11(7-10)25-19(27)15-12-8-13(16(15)20(25)28)18(24)17(12)23/h4-7,12-13,15-18H,8-9H2,1-3H3/t12-,13+,15-,16-,17+,18+/m0/s1. The van der Waals surface area contributed by atoms with Crippen molar-refractivity contribution in [1.82, 2.24) is 0 Å². The van der Waals surface area contributed by atoms with E-state index in [0.29, 0.717) is 5.69 Å². The summed E-state index contributed by atoms with van der Waals surface area (Å²) in [6.07, 6.45) is 0.862. The van der Waals surface area contributed by atoms with Crippen molar-refractivity contribution in [3.8, 4) is 0 Å². The number of carbonyl (C=O) groups is 4. The molecule has 1 aromatic carbocycles. The molecule has 6 nitrogen and oxygen atoms in total. The molecule has 8 heteroatoms. The Labute approximate surface area is 192 Å². The largest absolute Gasteiger partial charge is 0.454 e. The number of hydrogen-bond acceptors (Lipinski definition) is 5. The van der Waals surface area contributed by atoms with Crippen molar-refractivity contribution in [1.29, 1.82) is 0 Å². The number of carbonyl (C=O) groups excluding carboxylic acids is 4. The van der Waals surface area contributed by atoms with Crippen molar-refractivity contribution < 1.29 is 23.9 Å². The van der Waals surface area contributed by atoms with E-state index < -0.39 is 11.4 Å². The average Bonchev–Trinajstić information content (AvgIpc) is 3.30. The van der Waals surface area contributed by atoms with Crippen molar-refractivity contribution in [3.05, 3.63) is 29.8 Å². The number of rotatable bonds is 4. The third kappa shape index (κ3) is 3.36. The molecule has 2 aliphatic carbocycles. The van der Waals surface area contributed by atoms with E-state index in [1.165, 1.54) is 11.0 Å². The van der Waals surface area contributed by atoms with Crippen LogP contribution in [0.1, 0.15) is 37.6 Å². The summed E-state index contributed by atoms with van der Waals surface area (Å²) < 4.78 is 5.15. The molecule has 1 saturated heterocycles. The van der Waals surface area contributed by atoms with Gasteiger partial charge in [-0.05, 0) is 36.5 Å². The first-order chi connectivity index (χ1) is 14.0. The molecule has 160 valence electrons. The van der Waals surface area contributed by atoms with Gasteiger partial charge in [0.15, 0.2) is 12.4 Å². The van der Waals surface area contributed by atoms with E-state index in [2.05, 4.69) is 31.9 Å². The van der Waals surface area contributed by atoms with Crippen LogP contribution < -0.4 is 4.90 Å². The van der Waals surface area contributed by atoms with Crippen molar-refractivity contribution in [3.63, 3.8) is 0 Å². The van der Waals surface area contributed by atoms with Crippen LogP contribution in [0, 0.1) is 29.1 Å². The molecule has 0 aromatic heterocycles.